The second kappa shape index (κ2) is 9.28. The van der Waals surface area contributed by atoms with Gasteiger partial charge in [-0.1, -0.05) is 62.9 Å². The summed E-state index contributed by atoms with van der Waals surface area (Å²) in [4.78, 5) is 37.5. The Bertz CT molecular complexity index is 1110. The van der Waals surface area contributed by atoms with Crippen molar-refractivity contribution in [3.8, 4) is 0 Å². The van der Waals surface area contributed by atoms with Crippen LogP contribution in [0.1, 0.15) is 44.7 Å². The van der Waals surface area contributed by atoms with Crippen molar-refractivity contribution in [2.24, 2.45) is 15.9 Å². The van der Waals surface area contributed by atoms with Crippen molar-refractivity contribution in [2.45, 2.75) is 51.8 Å². The lowest BCUT2D eigenvalue weighted by Crippen LogP contribution is -2.42. The number of para-hydroxylation sites is 2. The van der Waals surface area contributed by atoms with Crippen LogP contribution in [-0.2, 0) is 9.59 Å². The molecule has 0 aromatic heterocycles. The first-order chi connectivity index (χ1) is 15.4. The van der Waals surface area contributed by atoms with Gasteiger partial charge in [-0.25, -0.2) is 9.89 Å². The molecule has 32 heavy (non-hydrogen) atoms. The number of aryl methyl sites for hydroxylation is 1. The molecule has 2 aromatic carbocycles. The highest BCUT2D eigenvalue weighted by Gasteiger charge is 2.42. The Morgan fingerprint density at radius 3 is 2.59 bits per heavy atom. The molecular formula is C25H28N4O2S. The average Bonchev–Trinajstić information content (AvgIpc) is 3.09. The smallest absolute Gasteiger partial charge is 0.259 e. The lowest BCUT2D eigenvalue weighted by molar-refractivity contribution is -0.125. The van der Waals surface area contributed by atoms with E-state index in [2.05, 4.69) is 19.2 Å². The van der Waals surface area contributed by atoms with Gasteiger partial charge >= 0.3 is 0 Å². The normalized spacial score (nSPS) is 18.1. The largest absolute Gasteiger partial charge is 0.325 e. The molecule has 0 spiro atoms. The molecule has 0 bridgehead atoms. The van der Waals surface area contributed by atoms with Crippen LogP contribution in [0.4, 0.5) is 11.4 Å². The van der Waals surface area contributed by atoms with E-state index >= 15 is 0 Å². The number of thioether (sulfide) groups is 1. The van der Waals surface area contributed by atoms with E-state index in [1.165, 1.54) is 11.8 Å². The Hall–Kier alpha value is -2.93. The summed E-state index contributed by atoms with van der Waals surface area (Å²) in [5.41, 5.74) is 3.43. The average molecular weight is 449 g/mol. The molecule has 4 rings (SSSR count). The number of nitrogens with zero attached hydrogens (tertiary/aromatic N) is 3. The van der Waals surface area contributed by atoms with Gasteiger partial charge in [0.05, 0.1) is 10.9 Å². The summed E-state index contributed by atoms with van der Waals surface area (Å²) in [6.45, 7) is 8.11. The second-order valence-electron chi connectivity index (χ2n) is 8.50. The number of rotatable bonds is 6. The molecule has 0 fully saturated rings. The minimum Gasteiger partial charge on any atom is -0.325 e. The zero-order chi connectivity index (χ0) is 22.8. The number of aliphatic imine (C=N–C) groups is 2. The summed E-state index contributed by atoms with van der Waals surface area (Å²) in [5.74, 6) is 0.824. The SMILES string of the molecule is CCC(SC1=Nc2ccccc2C2=NC(CC(C)C)C(=O)N12)C(=O)Nc1ccccc1C. The van der Waals surface area contributed by atoms with Crippen LogP contribution in [0.25, 0.3) is 0 Å². The third-order valence-electron chi connectivity index (χ3n) is 5.56. The summed E-state index contributed by atoms with van der Waals surface area (Å²) in [6, 6.07) is 15.0. The number of carbonyl (C=O) groups excluding carboxylic acids is 2. The molecule has 0 saturated heterocycles. The van der Waals surface area contributed by atoms with Crippen molar-refractivity contribution < 1.29 is 9.59 Å². The van der Waals surface area contributed by atoms with Crippen LogP contribution in [-0.4, -0.2) is 39.0 Å². The maximum atomic E-state index is 13.3. The van der Waals surface area contributed by atoms with Crippen LogP contribution in [0.2, 0.25) is 0 Å². The summed E-state index contributed by atoms with van der Waals surface area (Å²) in [5, 5.41) is 3.15. The quantitative estimate of drug-likeness (QED) is 0.664. The van der Waals surface area contributed by atoms with Crippen LogP contribution in [0, 0.1) is 12.8 Å². The number of fused-ring (bicyclic) bond motifs is 3. The van der Waals surface area contributed by atoms with Crippen molar-refractivity contribution in [3.05, 3.63) is 59.7 Å². The number of amides is 2. The van der Waals surface area contributed by atoms with Crippen LogP contribution in [0.15, 0.2) is 58.5 Å². The number of nitrogens with one attached hydrogen (secondary N) is 1. The maximum absolute atomic E-state index is 13.3. The van der Waals surface area contributed by atoms with Crippen LogP contribution in [0.3, 0.4) is 0 Å². The predicted molar refractivity (Wildman–Crippen MR) is 132 cm³/mol. The number of hydrogen-bond donors (Lipinski definition) is 1. The fourth-order valence-corrected chi connectivity index (χ4v) is 4.88. The van der Waals surface area contributed by atoms with E-state index in [4.69, 9.17) is 9.98 Å². The Morgan fingerprint density at radius 1 is 1.16 bits per heavy atom. The first-order valence-electron chi connectivity index (χ1n) is 11.0. The molecule has 2 amide bonds. The van der Waals surface area contributed by atoms with E-state index in [0.717, 1.165) is 22.5 Å². The molecule has 0 aliphatic carbocycles. The van der Waals surface area contributed by atoms with Gasteiger partial charge in [-0.15, -0.1) is 0 Å². The topological polar surface area (TPSA) is 74.1 Å². The Kier molecular flexibility index (Phi) is 6.46. The van der Waals surface area contributed by atoms with Gasteiger partial charge in [-0.2, -0.15) is 0 Å². The number of amidine groups is 2. The predicted octanol–water partition coefficient (Wildman–Crippen LogP) is 5.15. The highest BCUT2D eigenvalue weighted by molar-refractivity contribution is 8.15. The standard InChI is InChI=1S/C25H28N4O2S/c1-5-21(23(30)27-18-12-8-6-10-16(18)4)32-25-28-19-13-9-7-11-17(19)22-26-20(14-15(2)3)24(31)29(22)25/h6-13,15,20-21H,5,14H2,1-4H3,(H,27,30). The lowest BCUT2D eigenvalue weighted by atomic mass is 10.0. The molecule has 2 atom stereocenters. The van der Waals surface area contributed by atoms with Gasteiger partial charge in [0.2, 0.25) is 5.91 Å². The van der Waals surface area contributed by atoms with E-state index in [0.29, 0.717) is 29.8 Å². The van der Waals surface area contributed by atoms with E-state index in [1.807, 2.05) is 62.4 Å². The van der Waals surface area contributed by atoms with Gasteiger partial charge in [0.1, 0.15) is 11.9 Å². The third kappa shape index (κ3) is 4.35. The van der Waals surface area contributed by atoms with Crippen molar-refractivity contribution in [1.29, 1.82) is 0 Å². The number of anilines is 1. The molecule has 2 aliphatic rings. The zero-order valence-electron chi connectivity index (χ0n) is 18.8. The highest BCUT2D eigenvalue weighted by atomic mass is 32.2. The van der Waals surface area contributed by atoms with Gasteiger partial charge in [0.25, 0.3) is 5.91 Å². The Balaban J connectivity index is 1.63. The summed E-state index contributed by atoms with van der Waals surface area (Å²) in [6.07, 6.45) is 1.29. The van der Waals surface area contributed by atoms with Crippen LogP contribution in [0.5, 0.6) is 0 Å². The van der Waals surface area contributed by atoms with Gasteiger partial charge in [0.15, 0.2) is 5.17 Å². The molecule has 0 radical (unpaired) electrons. The van der Waals surface area contributed by atoms with E-state index in [-0.39, 0.29) is 11.8 Å². The summed E-state index contributed by atoms with van der Waals surface area (Å²) < 4.78 is 0. The van der Waals surface area contributed by atoms with Gasteiger partial charge in [0, 0.05) is 11.3 Å². The number of benzene rings is 2. The van der Waals surface area contributed by atoms with E-state index < -0.39 is 11.3 Å². The first-order valence-corrected chi connectivity index (χ1v) is 11.9. The van der Waals surface area contributed by atoms with Crippen molar-refractivity contribution in [2.75, 3.05) is 5.32 Å². The van der Waals surface area contributed by atoms with Crippen LogP contribution < -0.4 is 5.32 Å². The fourth-order valence-electron chi connectivity index (χ4n) is 3.86. The second-order valence-corrected chi connectivity index (χ2v) is 9.67. The van der Waals surface area contributed by atoms with Gasteiger partial charge < -0.3 is 5.32 Å². The van der Waals surface area contributed by atoms with Crippen molar-refractivity contribution in [3.63, 3.8) is 0 Å². The van der Waals surface area contributed by atoms with E-state index in [9.17, 15) is 9.59 Å². The molecule has 1 N–H and O–H groups in total. The van der Waals surface area contributed by atoms with Gasteiger partial charge in [-0.3, -0.25) is 14.6 Å². The van der Waals surface area contributed by atoms with E-state index in [1.54, 1.807) is 4.90 Å². The lowest BCUT2D eigenvalue weighted by Gasteiger charge is -2.27. The van der Waals surface area contributed by atoms with Crippen molar-refractivity contribution in [1.82, 2.24) is 4.90 Å². The monoisotopic (exact) mass is 448 g/mol. The fraction of sp³-hybridized carbons (Fsp3) is 0.360. The number of hydrogen-bond acceptors (Lipinski definition) is 5. The first kappa shape index (κ1) is 22.3. The third-order valence-corrected chi connectivity index (χ3v) is 6.87. The molecule has 2 unspecified atom stereocenters. The molecule has 166 valence electrons. The Labute approximate surface area is 193 Å². The minimum absolute atomic E-state index is 0.0661. The summed E-state index contributed by atoms with van der Waals surface area (Å²) >= 11 is 1.33. The number of carbonyl (C=O) groups is 2. The van der Waals surface area contributed by atoms with Gasteiger partial charge in [-0.05, 0) is 49.4 Å². The molecule has 2 aliphatic heterocycles. The molecule has 0 saturated carbocycles. The maximum Gasteiger partial charge on any atom is 0.259 e. The Morgan fingerprint density at radius 2 is 1.88 bits per heavy atom. The molecule has 2 aromatic rings. The molecule has 6 nitrogen and oxygen atoms in total. The molecular weight excluding hydrogens is 420 g/mol. The zero-order valence-corrected chi connectivity index (χ0v) is 19.6. The van der Waals surface area contributed by atoms with Crippen molar-refractivity contribution >= 4 is 46.0 Å². The minimum atomic E-state index is -0.414. The summed E-state index contributed by atoms with van der Waals surface area (Å²) in [7, 11) is 0. The molecule has 7 heteroatoms. The van der Waals surface area contributed by atoms with Crippen LogP contribution >= 0.6 is 11.8 Å². The molecule has 2 heterocycles. The highest BCUT2D eigenvalue weighted by Crippen LogP contribution is 2.36.